The first kappa shape index (κ1) is 15.7. The SMILES string of the molecule is CCCC(C)COC(=O)[C@@H](N)CCc1ccccc1. The summed E-state index contributed by atoms with van der Waals surface area (Å²) >= 11 is 0. The summed E-state index contributed by atoms with van der Waals surface area (Å²) in [7, 11) is 0. The molecule has 3 nitrogen and oxygen atoms in total. The molecule has 0 aliphatic carbocycles. The van der Waals surface area contributed by atoms with Crippen LogP contribution in [0.25, 0.3) is 0 Å². The van der Waals surface area contributed by atoms with E-state index in [9.17, 15) is 4.79 Å². The second kappa shape index (κ2) is 8.70. The fraction of sp³-hybridized carbons (Fsp3) is 0.562. The van der Waals surface area contributed by atoms with Crippen LogP contribution in [0.3, 0.4) is 0 Å². The second-order valence-corrected chi connectivity index (χ2v) is 5.15. The zero-order chi connectivity index (χ0) is 14.1. The van der Waals surface area contributed by atoms with E-state index in [1.54, 1.807) is 0 Å². The van der Waals surface area contributed by atoms with Crippen molar-refractivity contribution in [2.24, 2.45) is 11.7 Å². The fourth-order valence-corrected chi connectivity index (χ4v) is 1.99. The molecule has 0 heterocycles. The number of ether oxygens (including phenoxy) is 1. The average Bonchev–Trinajstić information content (AvgIpc) is 2.43. The summed E-state index contributed by atoms with van der Waals surface area (Å²) in [4.78, 5) is 11.7. The van der Waals surface area contributed by atoms with Crippen LogP contribution in [0, 0.1) is 5.92 Å². The largest absolute Gasteiger partial charge is 0.464 e. The normalized spacial score (nSPS) is 13.8. The quantitative estimate of drug-likeness (QED) is 0.734. The molecule has 2 N–H and O–H groups in total. The van der Waals surface area contributed by atoms with Gasteiger partial charge >= 0.3 is 5.97 Å². The van der Waals surface area contributed by atoms with E-state index in [2.05, 4.69) is 13.8 Å². The minimum absolute atomic E-state index is 0.279. The van der Waals surface area contributed by atoms with Gasteiger partial charge in [0.25, 0.3) is 0 Å². The van der Waals surface area contributed by atoms with Crippen LogP contribution in [-0.4, -0.2) is 18.6 Å². The summed E-state index contributed by atoms with van der Waals surface area (Å²) in [5, 5.41) is 0. The molecule has 0 aliphatic heterocycles. The lowest BCUT2D eigenvalue weighted by atomic mass is 10.1. The molecule has 0 aromatic heterocycles. The fourth-order valence-electron chi connectivity index (χ4n) is 1.99. The Balaban J connectivity index is 2.25. The number of esters is 1. The number of nitrogens with two attached hydrogens (primary N) is 1. The van der Waals surface area contributed by atoms with Gasteiger partial charge in [0, 0.05) is 0 Å². The monoisotopic (exact) mass is 263 g/mol. The van der Waals surface area contributed by atoms with E-state index < -0.39 is 6.04 Å². The third-order valence-corrected chi connectivity index (χ3v) is 3.18. The maximum absolute atomic E-state index is 11.7. The van der Waals surface area contributed by atoms with Crippen LogP contribution in [0.2, 0.25) is 0 Å². The van der Waals surface area contributed by atoms with Gasteiger partial charge in [-0.2, -0.15) is 0 Å². The van der Waals surface area contributed by atoms with Gasteiger partial charge < -0.3 is 10.5 Å². The van der Waals surface area contributed by atoms with Crippen LogP contribution in [-0.2, 0) is 16.0 Å². The number of rotatable bonds is 8. The van der Waals surface area contributed by atoms with Gasteiger partial charge in [-0.15, -0.1) is 0 Å². The van der Waals surface area contributed by atoms with E-state index in [1.165, 1.54) is 5.56 Å². The van der Waals surface area contributed by atoms with Gasteiger partial charge in [0.15, 0.2) is 0 Å². The number of benzene rings is 1. The smallest absolute Gasteiger partial charge is 0.322 e. The van der Waals surface area contributed by atoms with Crippen molar-refractivity contribution in [1.29, 1.82) is 0 Å². The average molecular weight is 263 g/mol. The summed E-state index contributed by atoms with van der Waals surface area (Å²) in [6.45, 7) is 4.70. The van der Waals surface area contributed by atoms with Crippen molar-refractivity contribution in [2.75, 3.05) is 6.61 Å². The molecule has 0 fully saturated rings. The Morgan fingerprint density at radius 2 is 1.95 bits per heavy atom. The minimum atomic E-state index is -0.519. The molecule has 3 heteroatoms. The molecule has 106 valence electrons. The third-order valence-electron chi connectivity index (χ3n) is 3.18. The zero-order valence-corrected chi connectivity index (χ0v) is 12.0. The van der Waals surface area contributed by atoms with Crippen LogP contribution < -0.4 is 5.73 Å². The summed E-state index contributed by atoms with van der Waals surface area (Å²) in [6, 6.07) is 9.53. The molecule has 2 atom stereocenters. The molecule has 1 aromatic rings. The lowest BCUT2D eigenvalue weighted by Crippen LogP contribution is -2.33. The molecular formula is C16H25NO2. The van der Waals surface area contributed by atoms with Crippen LogP contribution in [0.1, 0.15) is 38.7 Å². The summed E-state index contributed by atoms with van der Waals surface area (Å²) in [5.41, 5.74) is 7.05. The highest BCUT2D eigenvalue weighted by molar-refractivity contribution is 5.75. The first-order chi connectivity index (χ1) is 9.13. The Morgan fingerprint density at radius 3 is 2.58 bits per heavy atom. The molecule has 1 unspecified atom stereocenters. The Kier molecular flexibility index (Phi) is 7.19. The molecule has 0 bridgehead atoms. The van der Waals surface area contributed by atoms with Gasteiger partial charge in [0.1, 0.15) is 6.04 Å². The van der Waals surface area contributed by atoms with E-state index in [0.29, 0.717) is 18.9 Å². The highest BCUT2D eigenvalue weighted by atomic mass is 16.5. The number of hydrogen-bond donors (Lipinski definition) is 1. The highest BCUT2D eigenvalue weighted by Gasteiger charge is 2.15. The van der Waals surface area contributed by atoms with E-state index in [4.69, 9.17) is 10.5 Å². The first-order valence-corrected chi connectivity index (χ1v) is 7.09. The molecule has 0 radical (unpaired) electrons. The summed E-state index contributed by atoms with van der Waals surface area (Å²) in [5.74, 6) is 0.133. The Labute approximate surface area is 116 Å². The van der Waals surface area contributed by atoms with E-state index >= 15 is 0 Å². The number of carbonyl (C=O) groups is 1. The lowest BCUT2D eigenvalue weighted by Gasteiger charge is -2.14. The van der Waals surface area contributed by atoms with Crippen molar-refractivity contribution in [3.8, 4) is 0 Å². The molecule has 0 amide bonds. The number of carbonyl (C=O) groups excluding carboxylic acids is 1. The predicted octanol–water partition coefficient (Wildman–Crippen LogP) is 2.93. The second-order valence-electron chi connectivity index (χ2n) is 5.15. The van der Waals surface area contributed by atoms with Crippen LogP contribution in [0.4, 0.5) is 0 Å². The van der Waals surface area contributed by atoms with Crippen LogP contribution in [0.5, 0.6) is 0 Å². The Hall–Kier alpha value is -1.35. The van der Waals surface area contributed by atoms with Crippen molar-refractivity contribution >= 4 is 5.97 Å². The van der Waals surface area contributed by atoms with Crippen molar-refractivity contribution in [1.82, 2.24) is 0 Å². The van der Waals surface area contributed by atoms with Crippen LogP contribution in [0.15, 0.2) is 30.3 Å². The summed E-state index contributed by atoms with van der Waals surface area (Å²) < 4.78 is 5.24. The predicted molar refractivity (Wildman–Crippen MR) is 77.8 cm³/mol. The maximum atomic E-state index is 11.7. The van der Waals surface area contributed by atoms with Gasteiger partial charge in [-0.05, 0) is 30.7 Å². The standard InChI is InChI=1S/C16H25NO2/c1-3-7-13(2)12-19-16(18)15(17)11-10-14-8-5-4-6-9-14/h4-6,8-9,13,15H,3,7,10-12,17H2,1-2H3/t13?,15-/m0/s1. The summed E-state index contributed by atoms with van der Waals surface area (Å²) in [6.07, 6.45) is 3.62. The first-order valence-electron chi connectivity index (χ1n) is 7.09. The minimum Gasteiger partial charge on any atom is -0.464 e. The van der Waals surface area contributed by atoms with Gasteiger partial charge in [-0.25, -0.2) is 0 Å². The van der Waals surface area contributed by atoms with E-state index in [-0.39, 0.29) is 5.97 Å². The Morgan fingerprint density at radius 1 is 1.26 bits per heavy atom. The van der Waals surface area contributed by atoms with Gasteiger partial charge in [-0.1, -0.05) is 50.6 Å². The topological polar surface area (TPSA) is 52.3 Å². The molecule has 0 spiro atoms. The zero-order valence-electron chi connectivity index (χ0n) is 12.0. The highest BCUT2D eigenvalue weighted by Crippen LogP contribution is 2.08. The maximum Gasteiger partial charge on any atom is 0.322 e. The molecular weight excluding hydrogens is 238 g/mol. The molecule has 0 saturated heterocycles. The molecule has 1 aromatic carbocycles. The molecule has 1 rings (SSSR count). The number of aryl methyl sites for hydroxylation is 1. The van der Waals surface area contributed by atoms with Crippen molar-refractivity contribution in [2.45, 2.75) is 45.6 Å². The Bertz CT molecular complexity index is 364. The van der Waals surface area contributed by atoms with Crippen molar-refractivity contribution < 1.29 is 9.53 Å². The van der Waals surface area contributed by atoms with E-state index in [1.807, 2.05) is 30.3 Å². The van der Waals surface area contributed by atoms with Crippen LogP contribution >= 0.6 is 0 Å². The van der Waals surface area contributed by atoms with Gasteiger partial charge in [0.2, 0.25) is 0 Å². The van der Waals surface area contributed by atoms with Crippen molar-refractivity contribution in [3.63, 3.8) is 0 Å². The lowest BCUT2D eigenvalue weighted by molar-refractivity contribution is -0.146. The van der Waals surface area contributed by atoms with Gasteiger partial charge in [-0.3, -0.25) is 4.79 Å². The van der Waals surface area contributed by atoms with Crippen molar-refractivity contribution in [3.05, 3.63) is 35.9 Å². The van der Waals surface area contributed by atoms with E-state index in [0.717, 1.165) is 19.3 Å². The molecule has 0 saturated carbocycles. The molecule has 19 heavy (non-hydrogen) atoms. The number of hydrogen-bond acceptors (Lipinski definition) is 3. The third kappa shape index (κ3) is 6.39. The molecule has 0 aliphatic rings. The van der Waals surface area contributed by atoms with Gasteiger partial charge in [0.05, 0.1) is 6.61 Å².